The summed E-state index contributed by atoms with van der Waals surface area (Å²) in [5.41, 5.74) is 2.79. The Bertz CT molecular complexity index is 571. The minimum Gasteiger partial charge on any atom is -0.461 e. The summed E-state index contributed by atoms with van der Waals surface area (Å²) >= 11 is 0. The fraction of sp³-hybridized carbons (Fsp3) is 0.471. The molecule has 2 aliphatic heterocycles. The summed E-state index contributed by atoms with van der Waals surface area (Å²) in [4.78, 5) is 12.2. The molecule has 0 aromatic carbocycles. The van der Waals surface area contributed by atoms with Crippen molar-refractivity contribution in [2.24, 2.45) is 5.41 Å². The van der Waals surface area contributed by atoms with E-state index in [4.69, 9.17) is 4.74 Å². The van der Waals surface area contributed by atoms with E-state index in [1.165, 1.54) is 11.3 Å². The smallest absolute Gasteiger partial charge is 0.354 e. The number of esters is 1. The third-order valence-corrected chi connectivity index (χ3v) is 4.23. The summed E-state index contributed by atoms with van der Waals surface area (Å²) in [7, 11) is 0. The zero-order valence-corrected chi connectivity index (χ0v) is 12.6. The van der Waals surface area contributed by atoms with Crippen LogP contribution in [0, 0.1) is 5.41 Å². The Labute approximate surface area is 125 Å². The van der Waals surface area contributed by atoms with Gasteiger partial charge in [-0.25, -0.2) is 4.79 Å². The molecule has 4 nitrogen and oxygen atoms in total. The molecule has 2 N–H and O–H groups in total. The lowest BCUT2D eigenvalue weighted by Crippen LogP contribution is -2.26. The Morgan fingerprint density at radius 2 is 2.38 bits per heavy atom. The SMILES string of the molecule is CCCOC(=O)C1=CC23CC(C)NC2=CC=CC3=CCN1. The molecule has 2 unspecified atom stereocenters. The van der Waals surface area contributed by atoms with Crippen molar-refractivity contribution in [2.45, 2.75) is 32.7 Å². The Morgan fingerprint density at radius 3 is 3.19 bits per heavy atom. The highest BCUT2D eigenvalue weighted by Crippen LogP contribution is 2.48. The predicted octanol–water partition coefficient (Wildman–Crippen LogP) is 2.17. The van der Waals surface area contributed by atoms with Gasteiger partial charge < -0.3 is 15.4 Å². The molecule has 21 heavy (non-hydrogen) atoms. The van der Waals surface area contributed by atoms with E-state index < -0.39 is 0 Å². The van der Waals surface area contributed by atoms with Crippen molar-refractivity contribution in [3.05, 3.63) is 47.3 Å². The number of nitrogens with one attached hydrogen (secondary N) is 2. The van der Waals surface area contributed by atoms with Gasteiger partial charge in [-0.05, 0) is 37.5 Å². The maximum Gasteiger partial charge on any atom is 0.354 e. The van der Waals surface area contributed by atoms with E-state index in [9.17, 15) is 4.79 Å². The largest absolute Gasteiger partial charge is 0.461 e. The zero-order chi connectivity index (χ0) is 14.9. The molecule has 2 heterocycles. The van der Waals surface area contributed by atoms with Crippen LogP contribution in [-0.4, -0.2) is 25.2 Å². The van der Waals surface area contributed by atoms with Crippen molar-refractivity contribution < 1.29 is 9.53 Å². The van der Waals surface area contributed by atoms with Gasteiger partial charge in [0.15, 0.2) is 0 Å². The normalized spacial score (nSPS) is 29.8. The van der Waals surface area contributed by atoms with E-state index in [1.807, 2.05) is 6.92 Å². The number of ether oxygens (including phenoxy) is 1. The molecule has 0 aromatic heterocycles. The van der Waals surface area contributed by atoms with Gasteiger partial charge in [0.2, 0.25) is 0 Å². The lowest BCUT2D eigenvalue weighted by molar-refractivity contribution is -0.139. The van der Waals surface area contributed by atoms with Crippen molar-refractivity contribution >= 4 is 5.97 Å². The van der Waals surface area contributed by atoms with Crippen LogP contribution < -0.4 is 10.6 Å². The van der Waals surface area contributed by atoms with Crippen LogP contribution >= 0.6 is 0 Å². The van der Waals surface area contributed by atoms with Crippen LogP contribution in [0.25, 0.3) is 0 Å². The summed E-state index contributed by atoms with van der Waals surface area (Å²) in [6.45, 7) is 5.28. The topological polar surface area (TPSA) is 50.4 Å². The fourth-order valence-electron chi connectivity index (χ4n) is 3.35. The first-order valence-electron chi connectivity index (χ1n) is 7.65. The molecule has 0 aromatic rings. The molecular weight excluding hydrogens is 264 g/mol. The molecule has 112 valence electrons. The van der Waals surface area contributed by atoms with E-state index in [-0.39, 0.29) is 11.4 Å². The number of rotatable bonds is 3. The number of hydrogen-bond donors (Lipinski definition) is 2. The van der Waals surface area contributed by atoms with Crippen molar-refractivity contribution in [3.63, 3.8) is 0 Å². The van der Waals surface area contributed by atoms with Gasteiger partial charge >= 0.3 is 5.97 Å². The van der Waals surface area contributed by atoms with Gasteiger partial charge in [0.25, 0.3) is 0 Å². The minimum absolute atomic E-state index is 0.210. The lowest BCUT2D eigenvalue weighted by Gasteiger charge is -2.30. The lowest BCUT2D eigenvalue weighted by atomic mass is 9.73. The second kappa shape index (κ2) is 5.43. The van der Waals surface area contributed by atoms with Crippen molar-refractivity contribution in [1.29, 1.82) is 0 Å². The highest BCUT2D eigenvalue weighted by Gasteiger charge is 2.44. The minimum atomic E-state index is -0.255. The van der Waals surface area contributed by atoms with Gasteiger partial charge in [0.05, 0.1) is 12.0 Å². The average molecular weight is 286 g/mol. The van der Waals surface area contributed by atoms with E-state index in [0.29, 0.717) is 24.9 Å². The maximum absolute atomic E-state index is 12.2. The van der Waals surface area contributed by atoms with Gasteiger partial charge in [-0.1, -0.05) is 25.2 Å². The van der Waals surface area contributed by atoms with Crippen LogP contribution in [-0.2, 0) is 9.53 Å². The van der Waals surface area contributed by atoms with Gasteiger partial charge in [0, 0.05) is 18.3 Å². The third kappa shape index (κ3) is 2.39. The van der Waals surface area contributed by atoms with Gasteiger partial charge in [0.1, 0.15) is 5.70 Å². The van der Waals surface area contributed by atoms with E-state index in [2.05, 4.69) is 47.9 Å². The molecule has 0 saturated carbocycles. The molecule has 1 saturated heterocycles. The quantitative estimate of drug-likeness (QED) is 0.781. The molecule has 3 aliphatic rings. The van der Waals surface area contributed by atoms with E-state index in [0.717, 1.165) is 12.8 Å². The highest BCUT2D eigenvalue weighted by atomic mass is 16.5. The molecule has 2 atom stereocenters. The molecule has 3 rings (SSSR count). The molecular formula is C17H22N2O2. The first-order chi connectivity index (χ1) is 10.2. The first kappa shape index (κ1) is 14.0. The number of hydrogen-bond acceptors (Lipinski definition) is 4. The van der Waals surface area contributed by atoms with Crippen LogP contribution in [0.4, 0.5) is 0 Å². The van der Waals surface area contributed by atoms with Crippen LogP contribution in [0.3, 0.4) is 0 Å². The number of allylic oxidation sites excluding steroid dienone is 4. The van der Waals surface area contributed by atoms with Crippen molar-refractivity contribution in [3.8, 4) is 0 Å². The first-order valence-corrected chi connectivity index (χ1v) is 7.65. The summed E-state index contributed by atoms with van der Waals surface area (Å²) in [5, 5.41) is 6.71. The second-order valence-electron chi connectivity index (χ2n) is 5.89. The third-order valence-electron chi connectivity index (χ3n) is 4.23. The number of carbonyl (C=O) groups excluding carboxylic acids is 1. The maximum atomic E-state index is 12.2. The molecule has 0 radical (unpaired) electrons. The molecule has 0 bridgehead atoms. The summed E-state index contributed by atoms with van der Waals surface area (Å²) in [5.74, 6) is -0.255. The van der Waals surface area contributed by atoms with E-state index >= 15 is 0 Å². The fourth-order valence-corrected chi connectivity index (χ4v) is 3.35. The highest BCUT2D eigenvalue weighted by molar-refractivity contribution is 5.88. The van der Waals surface area contributed by atoms with Crippen LogP contribution in [0.1, 0.15) is 26.7 Å². The van der Waals surface area contributed by atoms with Gasteiger partial charge in [-0.2, -0.15) is 0 Å². The summed E-state index contributed by atoms with van der Waals surface area (Å²) < 4.78 is 5.29. The van der Waals surface area contributed by atoms with Crippen LogP contribution in [0.15, 0.2) is 47.3 Å². The average Bonchev–Trinajstić information content (AvgIpc) is 2.67. The predicted molar refractivity (Wildman–Crippen MR) is 82.3 cm³/mol. The van der Waals surface area contributed by atoms with Crippen LogP contribution in [0.2, 0.25) is 0 Å². The Hall–Kier alpha value is -1.97. The monoisotopic (exact) mass is 286 g/mol. The zero-order valence-electron chi connectivity index (χ0n) is 12.6. The Balaban J connectivity index is 1.97. The summed E-state index contributed by atoms with van der Waals surface area (Å²) in [6.07, 6.45) is 12.3. The van der Waals surface area contributed by atoms with Crippen LogP contribution in [0.5, 0.6) is 0 Å². The van der Waals surface area contributed by atoms with Crippen molar-refractivity contribution in [2.75, 3.05) is 13.2 Å². The van der Waals surface area contributed by atoms with E-state index in [1.54, 1.807) is 0 Å². The summed E-state index contributed by atoms with van der Waals surface area (Å²) in [6, 6.07) is 0.391. The molecule has 1 fully saturated rings. The Morgan fingerprint density at radius 1 is 1.52 bits per heavy atom. The number of carbonyl (C=O) groups is 1. The Kier molecular flexibility index (Phi) is 3.62. The standard InChI is InChI=1S/C17H22N2O2/c1-3-9-21-16(20)14-11-17-10-12(2)19-15(17)6-4-5-13(17)7-8-18-14/h4-7,11-12,18-19H,3,8-10H2,1-2H3. The van der Waals surface area contributed by atoms with Crippen molar-refractivity contribution in [1.82, 2.24) is 10.6 Å². The molecule has 1 spiro atoms. The van der Waals surface area contributed by atoms with Gasteiger partial charge in [-0.3, -0.25) is 0 Å². The molecule has 4 heteroatoms. The second-order valence-corrected chi connectivity index (χ2v) is 5.89. The molecule has 1 aliphatic carbocycles. The molecule has 0 amide bonds. The van der Waals surface area contributed by atoms with Gasteiger partial charge in [-0.15, -0.1) is 0 Å².